The highest BCUT2D eigenvalue weighted by Gasteiger charge is 2.50. The van der Waals surface area contributed by atoms with Gasteiger partial charge in [0.2, 0.25) is 0 Å². The first kappa shape index (κ1) is 12.0. The van der Waals surface area contributed by atoms with Gasteiger partial charge in [-0.15, -0.1) is 0 Å². The Morgan fingerprint density at radius 2 is 2.18 bits per heavy atom. The summed E-state index contributed by atoms with van der Waals surface area (Å²) < 4.78 is 35.5. The Balaban J connectivity index is 2.34. The normalized spacial score (nSPS) is 23.4. The fraction of sp³-hybridized carbons (Fsp3) is 0.333. The molecule has 1 aromatic carbocycles. The zero-order valence-electron chi connectivity index (χ0n) is 8.57. The molecule has 1 heterocycles. The lowest BCUT2D eigenvalue weighted by Gasteiger charge is -2.09. The van der Waals surface area contributed by atoms with E-state index in [4.69, 9.17) is 9.29 Å². The quantitative estimate of drug-likeness (QED) is 0.369. The summed E-state index contributed by atoms with van der Waals surface area (Å²) in [5.41, 5.74) is -0.906. The molecule has 0 aromatic heterocycles. The number of nitro groups is 1. The number of hydrogen-bond acceptors (Lipinski definition) is 5. The molecule has 7 nitrogen and oxygen atoms in total. The minimum absolute atomic E-state index is 0.119. The molecule has 0 aliphatic carbocycles. The first-order valence-electron chi connectivity index (χ1n) is 4.66. The maximum atomic E-state index is 10.8. The third kappa shape index (κ3) is 2.60. The van der Waals surface area contributed by atoms with Crippen molar-refractivity contribution in [2.75, 3.05) is 12.4 Å². The van der Waals surface area contributed by atoms with Gasteiger partial charge < -0.3 is 4.74 Å². The van der Waals surface area contributed by atoms with E-state index < -0.39 is 26.4 Å². The van der Waals surface area contributed by atoms with Crippen LogP contribution in [0.2, 0.25) is 0 Å². The van der Waals surface area contributed by atoms with Crippen LogP contribution in [0.4, 0.5) is 5.69 Å². The third-order valence-corrected chi connectivity index (χ3v) is 3.32. The molecule has 8 heteroatoms. The number of benzene rings is 1. The van der Waals surface area contributed by atoms with Gasteiger partial charge in [0.05, 0.1) is 11.5 Å². The standard InChI is InChI=1S/C9H9NO6S/c11-10(12)8-3-1-2-7(4-8)9(5-16-9)6-17(13,14)15/h1-4H,5-6H2,(H,13,14,15)/t9-/m0/s1. The molecule has 1 N–H and O–H groups in total. The zero-order valence-corrected chi connectivity index (χ0v) is 9.38. The third-order valence-electron chi connectivity index (χ3n) is 2.49. The summed E-state index contributed by atoms with van der Waals surface area (Å²) in [7, 11) is -4.20. The summed E-state index contributed by atoms with van der Waals surface area (Å²) in [6.45, 7) is 0.119. The second-order valence-corrected chi connectivity index (χ2v) is 5.27. The molecular formula is C9H9NO6S. The summed E-state index contributed by atoms with van der Waals surface area (Å²) in [5.74, 6) is -0.596. The van der Waals surface area contributed by atoms with Gasteiger partial charge in [-0.3, -0.25) is 14.7 Å². The van der Waals surface area contributed by atoms with Gasteiger partial charge >= 0.3 is 0 Å². The Morgan fingerprint density at radius 1 is 1.53 bits per heavy atom. The fourth-order valence-corrected chi connectivity index (χ4v) is 2.54. The average Bonchev–Trinajstić information content (AvgIpc) is 2.96. The summed E-state index contributed by atoms with van der Waals surface area (Å²) in [6, 6.07) is 5.53. The van der Waals surface area contributed by atoms with Crippen molar-refractivity contribution in [1.82, 2.24) is 0 Å². The van der Waals surface area contributed by atoms with Crippen LogP contribution in [0, 0.1) is 10.1 Å². The van der Waals surface area contributed by atoms with Crippen LogP contribution in [-0.2, 0) is 20.5 Å². The van der Waals surface area contributed by atoms with Crippen LogP contribution in [0.25, 0.3) is 0 Å². The van der Waals surface area contributed by atoms with E-state index in [0.717, 1.165) is 0 Å². The van der Waals surface area contributed by atoms with E-state index in [1.54, 1.807) is 0 Å². The molecule has 0 saturated carbocycles. The Bertz CT molecular complexity index is 563. The van der Waals surface area contributed by atoms with Crippen molar-refractivity contribution in [2.24, 2.45) is 0 Å². The molecule has 0 bridgehead atoms. The van der Waals surface area contributed by atoms with Crippen LogP contribution in [0.3, 0.4) is 0 Å². The highest BCUT2D eigenvalue weighted by atomic mass is 32.2. The minimum Gasteiger partial charge on any atom is -0.363 e. The van der Waals surface area contributed by atoms with Crippen molar-refractivity contribution >= 4 is 15.8 Å². The molecular weight excluding hydrogens is 250 g/mol. The van der Waals surface area contributed by atoms with Gasteiger partial charge in [-0.2, -0.15) is 8.42 Å². The van der Waals surface area contributed by atoms with Crippen molar-refractivity contribution in [1.29, 1.82) is 0 Å². The van der Waals surface area contributed by atoms with E-state index in [-0.39, 0.29) is 12.3 Å². The van der Waals surface area contributed by atoms with E-state index >= 15 is 0 Å². The molecule has 0 spiro atoms. The van der Waals surface area contributed by atoms with Crippen LogP contribution >= 0.6 is 0 Å². The summed E-state index contributed by atoms with van der Waals surface area (Å²) >= 11 is 0. The molecule has 0 radical (unpaired) electrons. The van der Waals surface area contributed by atoms with Crippen molar-refractivity contribution in [3.8, 4) is 0 Å². The average molecular weight is 259 g/mol. The molecule has 17 heavy (non-hydrogen) atoms. The van der Waals surface area contributed by atoms with Crippen molar-refractivity contribution in [3.63, 3.8) is 0 Å². The van der Waals surface area contributed by atoms with E-state index in [2.05, 4.69) is 0 Å². The Kier molecular flexibility index (Phi) is 2.64. The monoisotopic (exact) mass is 259 g/mol. The Hall–Kier alpha value is -1.51. The van der Waals surface area contributed by atoms with E-state index in [9.17, 15) is 18.5 Å². The van der Waals surface area contributed by atoms with Crippen LogP contribution in [0.1, 0.15) is 5.56 Å². The molecule has 1 aliphatic heterocycles. The largest absolute Gasteiger partial charge is 0.363 e. The van der Waals surface area contributed by atoms with Crippen LogP contribution in [0.15, 0.2) is 24.3 Å². The van der Waals surface area contributed by atoms with Gasteiger partial charge in [0.25, 0.3) is 15.8 Å². The zero-order chi connectivity index (χ0) is 12.7. The molecule has 1 saturated heterocycles. The smallest absolute Gasteiger partial charge is 0.269 e. The molecule has 0 unspecified atom stereocenters. The lowest BCUT2D eigenvalue weighted by molar-refractivity contribution is -0.385. The predicted molar refractivity (Wildman–Crippen MR) is 57.1 cm³/mol. The number of non-ortho nitro benzene ring substituents is 1. The van der Waals surface area contributed by atoms with Gasteiger partial charge in [0.1, 0.15) is 11.4 Å². The topological polar surface area (TPSA) is 110 Å². The van der Waals surface area contributed by atoms with Crippen LogP contribution in [-0.4, -0.2) is 30.3 Å². The van der Waals surface area contributed by atoms with Gasteiger partial charge in [-0.25, -0.2) is 0 Å². The highest BCUT2D eigenvalue weighted by molar-refractivity contribution is 7.85. The first-order valence-corrected chi connectivity index (χ1v) is 6.27. The Labute approximate surface area is 96.9 Å². The van der Waals surface area contributed by atoms with Crippen molar-refractivity contribution in [3.05, 3.63) is 39.9 Å². The number of nitrogens with zero attached hydrogens (tertiary/aromatic N) is 1. The molecule has 1 aromatic rings. The maximum Gasteiger partial charge on any atom is 0.269 e. The first-order chi connectivity index (χ1) is 7.82. The summed E-state index contributed by atoms with van der Waals surface area (Å²) in [6.07, 6.45) is 0. The highest BCUT2D eigenvalue weighted by Crippen LogP contribution is 2.40. The fourth-order valence-electron chi connectivity index (χ4n) is 1.62. The van der Waals surface area contributed by atoms with E-state index in [1.807, 2.05) is 0 Å². The second-order valence-electron chi connectivity index (χ2n) is 3.82. The lowest BCUT2D eigenvalue weighted by Crippen LogP contribution is -2.21. The second kappa shape index (κ2) is 3.76. The number of ether oxygens (including phenoxy) is 1. The maximum absolute atomic E-state index is 10.8. The molecule has 1 fully saturated rings. The van der Waals surface area contributed by atoms with Crippen molar-refractivity contribution < 1.29 is 22.6 Å². The van der Waals surface area contributed by atoms with Crippen LogP contribution < -0.4 is 0 Å². The molecule has 1 aliphatic rings. The summed E-state index contributed by atoms with van der Waals surface area (Å²) in [4.78, 5) is 10.0. The van der Waals surface area contributed by atoms with Crippen molar-refractivity contribution in [2.45, 2.75) is 5.60 Å². The molecule has 1 atom stereocenters. The molecule has 2 rings (SSSR count). The molecule has 0 amide bonds. The predicted octanol–water partition coefficient (Wildman–Crippen LogP) is 0.708. The van der Waals surface area contributed by atoms with E-state index in [0.29, 0.717) is 5.56 Å². The SMILES string of the molecule is O=[N+]([O-])c1cccc([C@@]2(CS(=O)(=O)O)CO2)c1. The lowest BCUT2D eigenvalue weighted by atomic mass is 10.0. The number of nitro benzene ring substituents is 1. The number of epoxide rings is 1. The van der Waals surface area contributed by atoms with E-state index in [1.165, 1.54) is 24.3 Å². The van der Waals surface area contributed by atoms with Gasteiger partial charge in [0, 0.05) is 12.1 Å². The number of rotatable bonds is 4. The van der Waals surface area contributed by atoms with Gasteiger partial charge in [-0.05, 0) is 5.56 Å². The Morgan fingerprint density at radius 3 is 2.65 bits per heavy atom. The van der Waals surface area contributed by atoms with Gasteiger partial charge in [-0.1, -0.05) is 12.1 Å². The summed E-state index contributed by atoms with van der Waals surface area (Å²) in [5, 5.41) is 10.6. The minimum atomic E-state index is -4.20. The molecule has 92 valence electrons. The number of hydrogen-bond donors (Lipinski definition) is 1. The van der Waals surface area contributed by atoms with Crippen LogP contribution in [0.5, 0.6) is 0 Å². The van der Waals surface area contributed by atoms with Gasteiger partial charge in [0.15, 0.2) is 0 Å².